The zero-order valence-electron chi connectivity index (χ0n) is 37.0. The Morgan fingerprint density at radius 1 is 0.596 bits per heavy atom. The molecule has 7 heteroatoms. The van der Waals surface area contributed by atoms with Gasteiger partial charge in [-0.3, -0.25) is 9.69 Å². The molecule has 1 fully saturated rings. The molecule has 0 amide bonds. The number of ketones is 1. The number of benzene rings is 2. The zero-order chi connectivity index (χ0) is 40.6. The zero-order valence-corrected chi connectivity index (χ0v) is 37.0. The molecule has 1 aliphatic heterocycles. The van der Waals surface area contributed by atoms with E-state index in [0.29, 0.717) is 31.0 Å². The van der Waals surface area contributed by atoms with Gasteiger partial charge in [-0.2, -0.15) is 0 Å². The van der Waals surface area contributed by atoms with Crippen LogP contribution in [0.4, 0.5) is 0 Å². The van der Waals surface area contributed by atoms with Gasteiger partial charge in [0.15, 0.2) is 17.3 Å². The third kappa shape index (κ3) is 21.4. The fourth-order valence-electron chi connectivity index (χ4n) is 8.36. The van der Waals surface area contributed by atoms with Crippen LogP contribution in [0.25, 0.3) is 0 Å². The Bertz CT molecular complexity index is 1240. The van der Waals surface area contributed by atoms with Crippen molar-refractivity contribution in [3.8, 4) is 11.5 Å². The molecule has 0 spiro atoms. The maximum absolute atomic E-state index is 12.9. The van der Waals surface area contributed by atoms with Gasteiger partial charge in [0.25, 0.3) is 0 Å². The number of piperidine rings is 1. The van der Waals surface area contributed by atoms with Crippen LogP contribution in [0, 0.1) is 11.8 Å². The molecule has 1 aliphatic carbocycles. The predicted molar refractivity (Wildman–Crippen MR) is 237 cm³/mol. The SMILES string of the molecule is CCCCCCCCCCCCOCOCOCCCCCCCCCCCC.COc1cc2c(cc1OC)C(=O)C(CC1CCN(Cc3ccccc3)CC1)C2. The van der Waals surface area contributed by atoms with Crippen molar-refractivity contribution in [3.05, 3.63) is 59.2 Å². The molecule has 2 aromatic rings. The van der Waals surface area contributed by atoms with Gasteiger partial charge in [-0.05, 0) is 80.8 Å². The van der Waals surface area contributed by atoms with Crippen LogP contribution in [0.3, 0.4) is 0 Å². The minimum atomic E-state index is 0.109. The maximum Gasteiger partial charge on any atom is 0.166 e. The van der Waals surface area contributed by atoms with Crippen molar-refractivity contribution in [2.24, 2.45) is 11.8 Å². The first kappa shape index (κ1) is 48.9. The number of nitrogens with zero attached hydrogens (tertiary/aromatic N) is 1. The van der Waals surface area contributed by atoms with E-state index < -0.39 is 0 Å². The molecule has 0 bridgehead atoms. The van der Waals surface area contributed by atoms with E-state index in [0.717, 1.165) is 69.7 Å². The first-order chi connectivity index (χ1) is 28.1. The molecule has 1 atom stereocenters. The third-order valence-electron chi connectivity index (χ3n) is 11.9. The standard InChI is InChI=1S/C26H54O3.C24H29NO3/c1-3-5-7-9-11-13-15-17-19-21-23-27-25-29-26-28-24-22-20-18-16-14-12-10-8-6-4-2;1-27-22-14-19-13-20(24(26)21(19)15-23(22)28-2)12-17-8-10-25(11-9-17)16-18-6-4-3-5-7-18/h3-26H2,1-2H3;3-7,14-15,17,20H,8-13,16H2,1-2H3. The highest BCUT2D eigenvalue weighted by Crippen LogP contribution is 2.39. The monoisotopic (exact) mass is 794 g/mol. The Morgan fingerprint density at radius 2 is 1.07 bits per heavy atom. The number of carbonyl (C=O) groups excluding carboxylic acids is 1. The normalized spacial score (nSPS) is 15.7. The van der Waals surface area contributed by atoms with E-state index in [4.69, 9.17) is 23.7 Å². The van der Waals surface area contributed by atoms with Crippen LogP contribution in [-0.2, 0) is 27.2 Å². The van der Waals surface area contributed by atoms with Gasteiger partial charge in [-0.15, -0.1) is 0 Å². The Hall–Kier alpha value is -2.45. The lowest BCUT2D eigenvalue weighted by Crippen LogP contribution is -2.34. The van der Waals surface area contributed by atoms with Crippen LogP contribution < -0.4 is 9.47 Å². The van der Waals surface area contributed by atoms with Crippen LogP contribution in [0.2, 0.25) is 0 Å². The minimum Gasteiger partial charge on any atom is -0.493 e. The maximum atomic E-state index is 12.9. The van der Waals surface area contributed by atoms with E-state index >= 15 is 0 Å². The molecule has 4 rings (SSSR count). The van der Waals surface area contributed by atoms with Crippen molar-refractivity contribution >= 4 is 5.78 Å². The highest BCUT2D eigenvalue weighted by atomic mass is 16.7. The summed E-state index contributed by atoms with van der Waals surface area (Å²) in [6.45, 7) is 10.2. The predicted octanol–water partition coefficient (Wildman–Crippen LogP) is 13.2. The lowest BCUT2D eigenvalue weighted by Gasteiger charge is -2.32. The van der Waals surface area contributed by atoms with E-state index in [-0.39, 0.29) is 11.7 Å². The van der Waals surface area contributed by atoms with Crippen molar-refractivity contribution < 1.29 is 28.5 Å². The lowest BCUT2D eigenvalue weighted by molar-refractivity contribution is -0.131. The molecule has 2 aromatic carbocycles. The van der Waals surface area contributed by atoms with Crippen LogP contribution in [0.1, 0.15) is 183 Å². The summed E-state index contributed by atoms with van der Waals surface area (Å²) in [5.41, 5.74) is 3.31. The fourth-order valence-corrected chi connectivity index (χ4v) is 8.36. The number of likely N-dealkylation sites (tertiary alicyclic amines) is 1. The van der Waals surface area contributed by atoms with E-state index in [1.54, 1.807) is 14.2 Å². The molecule has 0 saturated carbocycles. The molecule has 0 N–H and O–H groups in total. The molecule has 1 saturated heterocycles. The third-order valence-corrected chi connectivity index (χ3v) is 11.9. The van der Waals surface area contributed by atoms with Gasteiger partial charge in [0.05, 0.1) is 14.2 Å². The number of fused-ring (bicyclic) bond motifs is 1. The first-order valence-corrected chi connectivity index (χ1v) is 23.4. The highest BCUT2D eigenvalue weighted by molar-refractivity contribution is 6.02. The van der Waals surface area contributed by atoms with Gasteiger partial charge in [-0.25, -0.2) is 0 Å². The Labute approximate surface area is 349 Å². The van der Waals surface area contributed by atoms with E-state index in [9.17, 15) is 4.79 Å². The summed E-state index contributed by atoms with van der Waals surface area (Å²) in [5.74, 6) is 2.38. The fraction of sp³-hybridized carbons (Fsp3) is 0.740. The van der Waals surface area contributed by atoms with Crippen molar-refractivity contribution in [1.82, 2.24) is 4.90 Å². The second-order valence-corrected chi connectivity index (χ2v) is 16.7. The molecule has 2 aliphatic rings. The number of methoxy groups -OCH3 is 2. The number of ether oxygens (including phenoxy) is 5. The van der Waals surface area contributed by atoms with Crippen molar-refractivity contribution in [2.45, 2.75) is 174 Å². The number of hydrogen-bond acceptors (Lipinski definition) is 7. The largest absolute Gasteiger partial charge is 0.493 e. The highest BCUT2D eigenvalue weighted by Gasteiger charge is 2.34. The molecule has 0 radical (unpaired) electrons. The summed E-state index contributed by atoms with van der Waals surface area (Å²) in [7, 11) is 3.26. The minimum absolute atomic E-state index is 0.109. The van der Waals surface area contributed by atoms with Gasteiger partial charge in [0.2, 0.25) is 0 Å². The first-order valence-electron chi connectivity index (χ1n) is 23.4. The smallest absolute Gasteiger partial charge is 0.166 e. The number of rotatable bonds is 32. The summed E-state index contributed by atoms with van der Waals surface area (Å²) in [5, 5.41) is 0. The summed E-state index contributed by atoms with van der Waals surface area (Å²) >= 11 is 0. The summed E-state index contributed by atoms with van der Waals surface area (Å²) in [6.07, 6.45) is 31.4. The molecule has 324 valence electrons. The number of Topliss-reactive ketones (excluding diaryl/α,β-unsaturated/α-hetero) is 1. The number of carbonyl (C=O) groups is 1. The molecular formula is C50H83NO6. The van der Waals surface area contributed by atoms with Gasteiger partial charge in [0.1, 0.15) is 13.6 Å². The topological polar surface area (TPSA) is 66.5 Å². The van der Waals surface area contributed by atoms with Gasteiger partial charge in [0, 0.05) is 31.2 Å². The van der Waals surface area contributed by atoms with Crippen LogP contribution in [-0.4, -0.2) is 64.8 Å². The Kier molecular flexibility index (Phi) is 27.8. The second kappa shape index (κ2) is 32.4. The Morgan fingerprint density at radius 3 is 1.56 bits per heavy atom. The second-order valence-electron chi connectivity index (χ2n) is 16.7. The van der Waals surface area contributed by atoms with Crippen LogP contribution in [0.5, 0.6) is 11.5 Å². The summed E-state index contributed by atoms with van der Waals surface area (Å²) < 4.78 is 27.2. The summed E-state index contributed by atoms with van der Waals surface area (Å²) in [6, 6.07) is 14.5. The molecule has 57 heavy (non-hydrogen) atoms. The van der Waals surface area contributed by atoms with Crippen molar-refractivity contribution in [3.63, 3.8) is 0 Å². The quantitative estimate of drug-likeness (QED) is 0.0540. The Balaban J connectivity index is 0.000000305. The molecule has 1 heterocycles. The average molecular weight is 794 g/mol. The van der Waals surface area contributed by atoms with Crippen molar-refractivity contribution in [2.75, 3.05) is 54.1 Å². The molecular weight excluding hydrogens is 711 g/mol. The lowest BCUT2D eigenvalue weighted by atomic mass is 9.85. The summed E-state index contributed by atoms with van der Waals surface area (Å²) in [4.78, 5) is 15.5. The van der Waals surface area contributed by atoms with Gasteiger partial charge in [-0.1, -0.05) is 160 Å². The molecule has 0 aromatic heterocycles. The van der Waals surface area contributed by atoms with E-state index in [1.807, 2.05) is 12.1 Å². The molecule has 7 nitrogen and oxygen atoms in total. The molecule has 1 unspecified atom stereocenters. The van der Waals surface area contributed by atoms with Crippen LogP contribution >= 0.6 is 0 Å². The number of unbranched alkanes of at least 4 members (excludes halogenated alkanes) is 18. The number of hydrogen-bond donors (Lipinski definition) is 0. The van der Waals surface area contributed by atoms with Gasteiger partial charge < -0.3 is 23.7 Å². The van der Waals surface area contributed by atoms with Crippen LogP contribution in [0.15, 0.2) is 42.5 Å². The van der Waals surface area contributed by atoms with E-state index in [1.165, 1.54) is 134 Å². The van der Waals surface area contributed by atoms with E-state index in [2.05, 4.69) is 49.1 Å². The average Bonchev–Trinajstić information content (AvgIpc) is 3.54. The van der Waals surface area contributed by atoms with Gasteiger partial charge >= 0.3 is 0 Å². The van der Waals surface area contributed by atoms with Crippen molar-refractivity contribution in [1.29, 1.82) is 0 Å².